The summed E-state index contributed by atoms with van der Waals surface area (Å²) in [5.74, 6) is -1.32. The average molecular weight is 1630 g/mol. The van der Waals surface area contributed by atoms with Gasteiger partial charge in [0.2, 0.25) is 0 Å². The number of aliphatic hydroxyl groups excluding tert-OH is 1. The molecule has 0 fully saturated rings. The minimum absolute atomic E-state index is 0.108. The van der Waals surface area contributed by atoms with Gasteiger partial charge in [-0.2, -0.15) is 0 Å². The predicted molar refractivity (Wildman–Crippen MR) is 465 cm³/mol. The Morgan fingerprint density at radius 2 is 0.411 bits per heavy atom. The summed E-state index contributed by atoms with van der Waals surface area (Å²) in [6, 6.07) is 0. The van der Waals surface area contributed by atoms with E-state index in [9.17, 15) is 43.2 Å². The third-order valence-corrected chi connectivity index (χ3v) is 23.9. The standard InChI is InChI=1S/C93H182O17P2/c1-6-9-12-15-18-21-24-27-29-31-33-35-37-39-41-43-46-52-57-62-67-72-77-91(96)104-83-88(109-92(97)78-73-68-63-58-53-47-44-42-40-38-36-34-32-30-28-25-22-19-16-13-10-7-2)84-107-111(99,100)105-80-87(94)81-106-112(101,102)108-85-89(82-103-90(95)76-71-66-61-56-51-45-26-23-20-17-14-11-8-3)110-93(98)79-74-69-64-59-54-49-48-50-55-60-65-70-75-86(4)5/h86-89,94H,6-85H2,1-5H3,(H,99,100)(H,101,102)/t87-,88-,89-/m1/s1. The van der Waals surface area contributed by atoms with E-state index < -0.39 is 97.5 Å². The summed E-state index contributed by atoms with van der Waals surface area (Å²) < 4.78 is 69.1. The maximum Gasteiger partial charge on any atom is 0.472 e. The van der Waals surface area contributed by atoms with Crippen LogP contribution in [0.15, 0.2) is 0 Å². The van der Waals surface area contributed by atoms with Crippen molar-refractivity contribution in [3.63, 3.8) is 0 Å². The molecule has 0 aliphatic rings. The lowest BCUT2D eigenvalue weighted by Gasteiger charge is -2.21. The number of hydrogen-bond acceptors (Lipinski definition) is 15. The zero-order chi connectivity index (χ0) is 81.8. The molecular formula is C93H182O17P2. The lowest BCUT2D eigenvalue weighted by molar-refractivity contribution is -0.161. The highest BCUT2D eigenvalue weighted by atomic mass is 31.2. The quantitative estimate of drug-likeness (QED) is 0.0222. The van der Waals surface area contributed by atoms with Gasteiger partial charge in [-0.05, 0) is 31.6 Å². The molecule has 0 aromatic carbocycles. The molecule has 0 heterocycles. The number of carbonyl (C=O) groups excluding carboxylic acids is 4. The summed E-state index contributed by atoms with van der Waals surface area (Å²) in [6.45, 7) is 7.41. The number of phosphoric ester groups is 2. The van der Waals surface area contributed by atoms with E-state index in [1.54, 1.807) is 0 Å². The van der Waals surface area contributed by atoms with E-state index in [1.807, 2.05) is 0 Å². The summed E-state index contributed by atoms with van der Waals surface area (Å²) in [4.78, 5) is 73.5. The molecule has 5 atom stereocenters. The van der Waals surface area contributed by atoms with Crippen molar-refractivity contribution in [3.8, 4) is 0 Å². The largest absolute Gasteiger partial charge is 0.472 e. The Morgan fingerprint density at radius 3 is 0.607 bits per heavy atom. The Labute approximate surface area is 689 Å². The second-order valence-corrected chi connectivity index (χ2v) is 36.8. The number of rotatable bonds is 93. The van der Waals surface area contributed by atoms with E-state index in [0.717, 1.165) is 95.8 Å². The van der Waals surface area contributed by atoms with E-state index in [4.69, 9.17) is 37.0 Å². The molecule has 0 rings (SSSR count). The van der Waals surface area contributed by atoms with Crippen LogP contribution in [-0.4, -0.2) is 96.7 Å². The topological polar surface area (TPSA) is 237 Å². The van der Waals surface area contributed by atoms with Crippen LogP contribution in [-0.2, 0) is 65.4 Å². The zero-order valence-corrected chi connectivity index (χ0v) is 75.6. The zero-order valence-electron chi connectivity index (χ0n) is 73.8. The predicted octanol–water partition coefficient (Wildman–Crippen LogP) is 29.1. The minimum Gasteiger partial charge on any atom is -0.462 e. The molecule has 0 saturated carbocycles. The second-order valence-electron chi connectivity index (χ2n) is 33.9. The van der Waals surface area contributed by atoms with Crippen molar-refractivity contribution in [1.82, 2.24) is 0 Å². The highest BCUT2D eigenvalue weighted by Gasteiger charge is 2.31. The van der Waals surface area contributed by atoms with Crippen LogP contribution in [0.4, 0.5) is 0 Å². The van der Waals surface area contributed by atoms with Gasteiger partial charge in [-0.25, -0.2) is 9.13 Å². The molecule has 0 saturated heterocycles. The number of esters is 4. The number of unbranched alkanes of at least 4 members (excludes halogenated alkanes) is 65. The summed E-state index contributed by atoms with van der Waals surface area (Å²) >= 11 is 0. The van der Waals surface area contributed by atoms with Crippen molar-refractivity contribution >= 4 is 39.5 Å². The van der Waals surface area contributed by atoms with Crippen molar-refractivity contribution in [2.75, 3.05) is 39.6 Å². The fourth-order valence-electron chi connectivity index (χ4n) is 14.7. The Bertz CT molecular complexity index is 2120. The number of hydrogen-bond donors (Lipinski definition) is 3. The molecule has 0 aromatic rings. The van der Waals surface area contributed by atoms with Crippen LogP contribution in [0, 0.1) is 5.92 Å². The van der Waals surface area contributed by atoms with Gasteiger partial charge in [-0.3, -0.25) is 37.3 Å². The van der Waals surface area contributed by atoms with Crippen LogP contribution in [0.1, 0.15) is 510 Å². The molecule has 112 heavy (non-hydrogen) atoms. The van der Waals surface area contributed by atoms with Crippen molar-refractivity contribution in [3.05, 3.63) is 0 Å². The summed E-state index contributed by atoms with van der Waals surface area (Å²) in [5.41, 5.74) is 0. The molecule has 0 spiro atoms. The van der Waals surface area contributed by atoms with Crippen LogP contribution in [0.25, 0.3) is 0 Å². The average Bonchev–Trinajstić information content (AvgIpc) is 0.900. The van der Waals surface area contributed by atoms with Crippen LogP contribution >= 0.6 is 15.6 Å². The van der Waals surface area contributed by atoms with Crippen LogP contribution in [0.2, 0.25) is 0 Å². The van der Waals surface area contributed by atoms with E-state index in [2.05, 4.69) is 34.6 Å². The fraction of sp³-hybridized carbons (Fsp3) is 0.957. The molecule has 666 valence electrons. The lowest BCUT2D eigenvalue weighted by atomic mass is 10.0. The molecule has 2 unspecified atom stereocenters. The molecule has 19 heteroatoms. The highest BCUT2D eigenvalue weighted by Crippen LogP contribution is 2.45. The van der Waals surface area contributed by atoms with E-state index in [0.29, 0.717) is 25.7 Å². The van der Waals surface area contributed by atoms with Gasteiger partial charge in [0.05, 0.1) is 26.4 Å². The van der Waals surface area contributed by atoms with Gasteiger partial charge < -0.3 is 33.8 Å². The molecule has 3 N–H and O–H groups in total. The number of ether oxygens (including phenoxy) is 4. The summed E-state index contributed by atoms with van der Waals surface area (Å²) in [6.07, 6.45) is 82.1. The van der Waals surface area contributed by atoms with Crippen molar-refractivity contribution < 1.29 is 80.2 Å². The smallest absolute Gasteiger partial charge is 0.462 e. The van der Waals surface area contributed by atoms with E-state index in [-0.39, 0.29) is 25.7 Å². The normalized spacial score (nSPS) is 13.7. The highest BCUT2D eigenvalue weighted by molar-refractivity contribution is 7.47. The van der Waals surface area contributed by atoms with Gasteiger partial charge in [0.15, 0.2) is 12.2 Å². The SMILES string of the molecule is CCCCCCCCCCCCCCCCCCCCCCCCC(=O)OC[C@H](COP(=O)(O)OC[C@@H](O)COP(=O)(O)OC[C@@H](COC(=O)CCCCCCCCCCCCCCC)OC(=O)CCCCCCCCCCCCCCC(C)C)OC(=O)CCCCCCCCCCCCCCCCCCCCCCCC. The number of phosphoric acid groups is 2. The Morgan fingerprint density at radius 1 is 0.241 bits per heavy atom. The Kier molecular flexibility index (Phi) is 84.0. The monoisotopic (exact) mass is 1630 g/mol. The molecule has 17 nitrogen and oxygen atoms in total. The maximum absolute atomic E-state index is 13.2. The first-order chi connectivity index (χ1) is 54.5. The molecule has 0 radical (unpaired) electrons. The van der Waals surface area contributed by atoms with Crippen molar-refractivity contribution in [2.24, 2.45) is 5.92 Å². The maximum atomic E-state index is 13.2. The first-order valence-corrected chi connectivity index (χ1v) is 51.1. The van der Waals surface area contributed by atoms with Gasteiger partial charge in [0.1, 0.15) is 19.3 Å². The van der Waals surface area contributed by atoms with E-state index in [1.165, 1.54) is 334 Å². The van der Waals surface area contributed by atoms with Crippen molar-refractivity contribution in [1.29, 1.82) is 0 Å². The van der Waals surface area contributed by atoms with Gasteiger partial charge in [0, 0.05) is 25.7 Å². The molecule has 0 aliphatic heterocycles. The van der Waals surface area contributed by atoms with Crippen molar-refractivity contribution in [2.45, 2.75) is 528 Å². The van der Waals surface area contributed by atoms with Gasteiger partial charge in [-0.1, -0.05) is 458 Å². The first kappa shape index (κ1) is 110. The first-order valence-electron chi connectivity index (χ1n) is 48.1. The van der Waals surface area contributed by atoms with Gasteiger partial charge in [-0.15, -0.1) is 0 Å². The van der Waals surface area contributed by atoms with E-state index >= 15 is 0 Å². The van der Waals surface area contributed by atoms with Gasteiger partial charge >= 0.3 is 39.5 Å². The number of carbonyl (C=O) groups is 4. The minimum atomic E-state index is -4.97. The molecule has 0 bridgehead atoms. The third kappa shape index (κ3) is 85.9. The molecule has 0 aliphatic carbocycles. The Balaban J connectivity index is 5.23. The van der Waals surface area contributed by atoms with Crippen LogP contribution in [0.5, 0.6) is 0 Å². The third-order valence-electron chi connectivity index (χ3n) is 22.0. The number of aliphatic hydroxyl groups is 1. The molecule has 0 amide bonds. The summed E-state index contributed by atoms with van der Waals surface area (Å²) in [5, 5.41) is 10.7. The van der Waals surface area contributed by atoms with Gasteiger partial charge in [0.25, 0.3) is 0 Å². The lowest BCUT2D eigenvalue weighted by Crippen LogP contribution is -2.30. The fourth-order valence-corrected chi connectivity index (χ4v) is 16.3. The van der Waals surface area contributed by atoms with Crippen LogP contribution < -0.4 is 0 Å². The molecule has 0 aromatic heterocycles. The second kappa shape index (κ2) is 85.5. The Hall–Kier alpha value is -1.94. The van der Waals surface area contributed by atoms with Crippen LogP contribution in [0.3, 0.4) is 0 Å². The molecular weight excluding hydrogens is 1450 g/mol. The summed E-state index contributed by atoms with van der Waals surface area (Å²) in [7, 11) is -9.94.